The summed E-state index contributed by atoms with van der Waals surface area (Å²) in [6.45, 7) is 8.37. The van der Waals surface area contributed by atoms with Gasteiger partial charge in [0.1, 0.15) is 11.6 Å². The van der Waals surface area contributed by atoms with Crippen LogP contribution in [0.1, 0.15) is 32.4 Å². The molecular weight excluding hydrogens is 314 g/mol. The average molecular weight is 339 g/mol. The quantitative estimate of drug-likeness (QED) is 0.656. The third kappa shape index (κ3) is 3.57. The minimum absolute atomic E-state index is 0.637. The van der Waals surface area contributed by atoms with Crippen LogP contribution < -0.4 is 9.64 Å². The molecule has 3 aromatic rings. The second-order valence-corrected chi connectivity index (χ2v) is 6.12. The molecule has 0 N–H and O–H groups in total. The third-order valence-corrected chi connectivity index (χ3v) is 4.08. The van der Waals surface area contributed by atoms with E-state index in [-0.39, 0.29) is 0 Å². The normalized spacial score (nSPS) is 11.0. The number of anilines is 1. The molecule has 0 aliphatic rings. The van der Waals surface area contributed by atoms with E-state index in [4.69, 9.17) is 9.84 Å². The number of benzene rings is 1. The summed E-state index contributed by atoms with van der Waals surface area (Å²) < 4.78 is 7.08. The molecule has 0 spiro atoms. The summed E-state index contributed by atoms with van der Waals surface area (Å²) in [6.07, 6.45) is 2.17. The van der Waals surface area contributed by atoms with Crippen LogP contribution >= 0.6 is 0 Å². The van der Waals surface area contributed by atoms with Crippen molar-refractivity contribution >= 4 is 11.6 Å². The molecule has 6 nitrogen and oxygen atoms in total. The Kier molecular flexibility index (Phi) is 5.16. The van der Waals surface area contributed by atoms with Gasteiger partial charge in [-0.2, -0.15) is 9.50 Å². The van der Waals surface area contributed by atoms with Crippen molar-refractivity contribution in [2.45, 2.75) is 33.6 Å². The fourth-order valence-corrected chi connectivity index (χ4v) is 2.94. The van der Waals surface area contributed by atoms with Crippen molar-refractivity contribution < 1.29 is 4.74 Å². The van der Waals surface area contributed by atoms with Gasteiger partial charge in [0.05, 0.1) is 7.11 Å². The van der Waals surface area contributed by atoms with E-state index in [2.05, 4.69) is 34.8 Å². The molecule has 0 saturated carbocycles. The third-order valence-electron chi connectivity index (χ3n) is 4.08. The van der Waals surface area contributed by atoms with Gasteiger partial charge < -0.3 is 9.64 Å². The maximum absolute atomic E-state index is 5.22. The van der Waals surface area contributed by atoms with Crippen LogP contribution in [-0.4, -0.2) is 39.8 Å². The van der Waals surface area contributed by atoms with Crippen LogP contribution in [-0.2, 0) is 0 Å². The fourth-order valence-electron chi connectivity index (χ4n) is 2.94. The Morgan fingerprint density at radius 1 is 1.04 bits per heavy atom. The van der Waals surface area contributed by atoms with E-state index in [0.29, 0.717) is 11.6 Å². The van der Waals surface area contributed by atoms with Crippen LogP contribution in [0, 0.1) is 6.92 Å². The van der Waals surface area contributed by atoms with Crippen molar-refractivity contribution in [2.24, 2.45) is 0 Å². The summed E-state index contributed by atoms with van der Waals surface area (Å²) in [7, 11) is 1.66. The molecule has 0 atom stereocenters. The largest absolute Gasteiger partial charge is 0.497 e. The summed E-state index contributed by atoms with van der Waals surface area (Å²) in [5.74, 6) is 3.19. The monoisotopic (exact) mass is 339 g/mol. The number of aromatic nitrogens is 4. The van der Waals surface area contributed by atoms with Crippen molar-refractivity contribution in [3.8, 4) is 17.1 Å². The van der Waals surface area contributed by atoms with E-state index < -0.39 is 0 Å². The van der Waals surface area contributed by atoms with Gasteiger partial charge in [0.15, 0.2) is 5.82 Å². The topological polar surface area (TPSA) is 55.5 Å². The predicted octanol–water partition coefficient (Wildman–Crippen LogP) is 3.73. The molecule has 6 heteroatoms. The Morgan fingerprint density at radius 3 is 2.32 bits per heavy atom. The highest BCUT2D eigenvalue weighted by Gasteiger charge is 2.15. The first kappa shape index (κ1) is 17.2. The van der Waals surface area contributed by atoms with Gasteiger partial charge in [-0.3, -0.25) is 0 Å². The highest BCUT2D eigenvalue weighted by molar-refractivity contribution is 5.60. The number of rotatable bonds is 7. The number of hydrogen-bond donors (Lipinski definition) is 0. The van der Waals surface area contributed by atoms with Crippen LogP contribution in [0.25, 0.3) is 17.2 Å². The predicted molar refractivity (Wildman–Crippen MR) is 100 cm³/mol. The fraction of sp³-hybridized carbons (Fsp3) is 0.421. The van der Waals surface area contributed by atoms with Crippen molar-refractivity contribution in [1.82, 2.24) is 19.6 Å². The second-order valence-electron chi connectivity index (χ2n) is 6.12. The van der Waals surface area contributed by atoms with Gasteiger partial charge in [-0.05, 0) is 44.0 Å². The molecule has 0 amide bonds. The number of aryl methyl sites for hydroxylation is 1. The van der Waals surface area contributed by atoms with Crippen molar-refractivity contribution in [2.75, 3.05) is 25.1 Å². The zero-order chi connectivity index (χ0) is 17.8. The molecule has 0 aliphatic heterocycles. The molecule has 132 valence electrons. The smallest absolute Gasteiger partial charge is 0.254 e. The van der Waals surface area contributed by atoms with Gasteiger partial charge in [0.25, 0.3) is 5.78 Å². The summed E-state index contributed by atoms with van der Waals surface area (Å²) in [5.41, 5.74) is 1.90. The minimum atomic E-state index is 0.637. The SMILES string of the molecule is CCCN(CCC)c1cc(C)nc2nc(-c3ccc(OC)cc3)nn12. The molecule has 0 radical (unpaired) electrons. The Labute approximate surface area is 148 Å². The zero-order valence-electron chi connectivity index (χ0n) is 15.4. The molecule has 0 bridgehead atoms. The first-order chi connectivity index (χ1) is 12.2. The van der Waals surface area contributed by atoms with E-state index in [1.165, 1.54) is 0 Å². The molecule has 1 aromatic carbocycles. The van der Waals surface area contributed by atoms with Gasteiger partial charge in [-0.15, -0.1) is 5.10 Å². The van der Waals surface area contributed by atoms with Crippen LogP contribution in [0.4, 0.5) is 5.82 Å². The van der Waals surface area contributed by atoms with E-state index in [1.54, 1.807) is 7.11 Å². The van der Waals surface area contributed by atoms with Crippen LogP contribution in [0.15, 0.2) is 30.3 Å². The number of methoxy groups -OCH3 is 1. The Hall–Kier alpha value is -2.63. The van der Waals surface area contributed by atoms with Crippen LogP contribution in [0.3, 0.4) is 0 Å². The maximum Gasteiger partial charge on any atom is 0.254 e. The van der Waals surface area contributed by atoms with Gasteiger partial charge >= 0.3 is 0 Å². The van der Waals surface area contributed by atoms with Crippen LogP contribution in [0.5, 0.6) is 5.75 Å². The molecule has 0 fully saturated rings. The van der Waals surface area contributed by atoms with Gasteiger partial charge in [0, 0.05) is 30.4 Å². The highest BCUT2D eigenvalue weighted by atomic mass is 16.5. The molecular formula is C19H25N5O. The molecule has 0 unspecified atom stereocenters. The molecule has 0 aliphatic carbocycles. The Balaban J connectivity index is 2.07. The lowest BCUT2D eigenvalue weighted by molar-refractivity contribution is 0.415. The maximum atomic E-state index is 5.22. The summed E-state index contributed by atoms with van der Waals surface area (Å²) in [6, 6.07) is 9.86. The number of hydrogen-bond acceptors (Lipinski definition) is 5. The first-order valence-electron chi connectivity index (χ1n) is 8.80. The highest BCUT2D eigenvalue weighted by Crippen LogP contribution is 2.23. The first-order valence-corrected chi connectivity index (χ1v) is 8.80. The summed E-state index contributed by atoms with van der Waals surface area (Å²) in [5, 5.41) is 4.73. The van der Waals surface area contributed by atoms with Gasteiger partial charge in [-0.25, -0.2) is 4.98 Å². The van der Waals surface area contributed by atoms with Gasteiger partial charge in [0.2, 0.25) is 0 Å². The zero-order valence-corrected chi connectivity index (χ0v) is 15.4. The molecule has 25 heavy (non-hydrogen) atoms. The molecule has 0 saturated heterocycles. The molecule has 2 aromatic heterocycles. The summed E-state index contributed by atoms with van der Waals surface area (Å²) in [4.78, 5) is 11.5. The van der Waals surface area contributed by atoms with E-state index in [0.717, 1.165) is 48.8 Å². The number of nitrogens with zero attached hydrogens (tertiary/aromatic N) is 5. The Bertz CT molecular complexity index is 835. The number of ether oxygens (including phenoxy) is 1. The van der Waals surface area contributed by atoms with Crippen molar-refractivity contribution in [3.63, 3.8) is 0 Å². The standard InChI is InChI=1S/C19H25N5O/c1-5-11-23(12-6-2)17-13-14(3)20-19-21-18(22-24(17)19)15-7-9-16(25-4)10-8-15/h7-10,13H,5-6,11-12H2,1-4H3. The second kappa shape index (κ2) is 7.51. The lowest BCUT2D eigenvalue weighted by atomic mass is 10.2. The number of fused-ring (bicyclic) bond motifs is 1. The molecule has 2 heterocycles. The van der Waals surface area contributed by atoms with Crippen molar-refractivity contribution in [3.05, 3.63) is 36.0 Å². The van der Waals surface area contributed by atoms with Crippen molar-refractivity contribution in [1.29, 1.82) is 0 Å². The lowest BCUT2D eigenvalue weighted by Crippen LogP contribution is -2.27. The van der Waals surface area contributed by atoms with E-state index >= 15 is 0 Å². The minimum Gasteiger partial charge on any atom is -0.497 e. The molecule has 3 rings (SSSR count). The van der Waals surface area contributed by atoms with E-state index in [1.807, 2.05) is 35.7 Å². The summed E-state index contributed by atoms with van der Waals surface area (Å²) >= 11 is 0. The average Bonchev–Trinajstić information content (AvgIpc) is 3.04. The lowest BCUT2D eigenvalue weighted by Gasteiger charge is -2.24. The van der Waals surface area contributed by atoms with E-state index in [9.17, 15) is 0 Å². The van der Waals surface area contributed by atoms with Gasteiger partial charge in [-0.1, -0.05) is 13.8 Å². The Morgan fingerprint density at radius 2 is 1.72 bits per heavy atom. The van der Waals surface area contributed by atoms with Crippen LogP contribution in [0.2, 0.25) is 0 Å².